The largest absolute Gasteiger partial charge is 0.492 e. The fourth-order valence-corrected chi connectivity index (χ4v) is 3.11. The van der Waals surface area contributed by atoms with Gasteiger partial charge in [0.1, 0.15) is 19.0 Å². The third kappa shape index (κ3) is 8.71. The molecule has 0 fully saturated rings. The van der Waals surface area contributed by atoms with Crippen LogP contribution in [0.4, 0.5) is 53.1 Å². The number of methoxy groups -OCH3 is 1. The van der Waals surface area contributed by atoms with E-state index in [0.29, 0.717) is 5.56 Å². The number of halogens is 11. The molecule has 0 saturated carbocycles. The van der Waals surface area contributed by atoms with Gasteiger partial charge >= 0.3 is 41.9 Å². The van der Waals surface area contributed by atoms with Crippen LogP contribution in [0.5, 0.6) is 5.75 Å². The van der Waals surface area contributed by atoms with Crippen LogP contribution in [0.3, 0.4) is 0 Å². The Morgan fingerprint density at radius 3 is 1.90 bits per heavy atom. The normalized spacial score (nSPS) is 13.9. The van der Waals surface area contributed by atoms with E-state index in [4.69, 9.17) is 14.6 Å². The second kappa shape index (κ2) is 14.4. The predicted molar refractivity (Wildman–Crippen MR) is 119 cm³/mol. The molecule has 1 rings (SSSR count). The zero-order valence-corrected chi connectivity index (χ0v) is 21.8. The molecule has 0 radical (unpaired) electrons. The zero-order valence-electron chi connectivity index (χ0n) is 21.8. The highest BCUT2D eigenvalue weighted by Gasteiger charge is 2.87. The van der Waals surface area contributed by atoms with E-state index in [9.17, 15) is 57.9 Å². The lowest BCUT2D eigenvalue weighted by Crippen LogP contribution is -2.68. The molecule has 0 saturated heterocycles. The van der Waals surface area contributed by atoms with Crippen molar-refractivity contribution >= 4 is 12.1 Å². The lowest BCUT2D eigenvalue weighted by Gasteiger charge is -2.38. The van der Waals surface area contributed by atoms with Crippen LogP contribution in [0.1, 0.15) is 12.5 Å². The van der Waals surface area contributed by atoms with Crippen LogP contribution in [0.25, 0.3) is 0 Å². The molecule has 0 heterocycles. The molecule has 0 aliphatic rings. The lowest BCUT2D eigenvalue weighted by atomic mass is 9.97. The first-order valence-corrected chi connectivity index (χ1v) is 11.7. The molecular formula is C23H26F11NO7. The molecule has 1 unspecified atom stereocenters. The minimum Gasteiger partial charge on any atom is -0.492 e. The minimum atomic E-state index is -7.63. The van der Waals surface area contributed by atoms with E-state index in [1.165, 1.54) is 24.3 Å². The summed E-state index contributed by atoms with van der Waals surface area (Å²) >= 11 is 0. The quantitative estimate of drug-likeness (QED) is 0.183. The summed E-state index contributed by atoms with van der Waals surface area (Å²) in [4.78, 5) is 23.0. The van der Waals surface area contributed by atoms with Gasteiger partial charge in [0.2, 0.25) is 0 Å². The highest BCUT2D eigenvalue weighted by molar-refractivity contribution is 5.72. The van der Waals surface area contributed by atoms with Gasteiger partial charge in [-0.2, -0.15) is 48.3 Å². The van der Waals surface area contributed by atoms with Crippen molar-refractivity contribution in [3.63, 3.8) is 0 Å². The van der Waals surface area contributed by atoms with Crippen molar-refractivity contribution in [2.75, 3.05) is 46.6 Å². The summed E-state index contributed by atoms with van der Waals surface area (Å²) in [5.74, 6) is -30.1. The van der Waals surface area contributed by atoms with Crippen LogP contribution in [0.15, 0.2) is 24.3 Å². The van der Waals surface area contributed by atoms with E-state index in [0.717, 1.165) is 7.11 Å². The number of hydrogen-bond acceptors (Lipinski definition) is 6. The standard InChI is InChI=1S/C23H26F11NO7/c1-3-40-16(17(36)37)12-14-4-6-15(7-5-14)41-9-8-35(18(38)42-11-10-39-2)13-19(24,25)20(26,27)21(28,29)22(30,31)23(32,33)34/h4-7,16H,3,8-13H2,1-2H3,(H,36,37). The van der Waals surface area contributed by atoms with Gasteiger partial charge in [-0.3, -0.25) is 4.90 Å². The molecular weight excluding hydrogens is 611 g/mol. The van der Waals surface area contributed by atoms with Gasteiger partial charge in [-0.05, 0) is 24.6 Å². The third-order valence-corrected chi connectivity index (χ3v) is 5.38. The molecule has 1 amide bonds. The SMILES string of the molecule is CCOC(Cc1ccc(OCCN(CC(F)(F)C(F)(F)C(F)(F)C(F)(F)C(F)(F)F)C(=O)OCCOC)cc1)C(=O)O. The number of benzene rings is 1. The molecule has 1 N–H and O–H groups in total. The molecule has 0 aliphatic heterocycles. The maximum atomic E-state index is 14.3. The summed E-state index contributed by atoms with van der Waals surface area (Å²) in [5.41, 5.74) is 0.449. The number of carbonyl (C=O) groups excluding carboxylic acids is 1. The summed E-state index contributed by atoms with van der Waals surface area (Å²) in [6, 6.07) is 5.26. The summed E-state index contributed by atoms with van der Waals surface area (Å²) in [5, 5.41) is 9.12. The number of carboxylic acids is 1. The van der Waals surface area contributed by atoms with Crippen LogP contribution in [0.2, 0.25) is 0 Å². The van der Waals surface area contributed by atoms with Crippen molar-refractivity contribution in [1.29, 1.82) is 0 Å². The van der Waals surface area contributed by atoms with Gasteiger partial charge in [-0.25, -0.2) is 9.59 Å². The summed E-state index contributed by atoms with van der Waals surface area (Å²) in [7, 11) is 1.11. The molecule has 42 heavy (non-hydrogen) atoms. The molecule has 242 valence electrons. The number of carboxylic acid groups (broad SMARTS) is 1. The summed E-state index contributed by atoms with van der Waals surface area (Å²) < 4.78 is 166. The predicted octanol–water partition coefficient (Wildman–Crippen LogP) is 5.29. The Kier molecular flexibility index (Phi) is 12.7. The lowest BCUT2D eigenvalue weighted by molar-refractivity contribution is -0.422. The number of rotatable bonds is 17. The summed E-state index contributed by atoms with van der Waals surface area (Å²) in [6.07, 6.45) is -10.4. The molecule has 0 spiro atoms. The molecule has 1 aromatic carbocycles. The average Bonchev–Trinajstić information content (AvgIpc) is 2.87. The molecule has 0 aliphatic carbocycles. The van der Waals surface area contributed by atoms with Crippen LogP contribution < -0.4 is 4.74 Å². The maximum Gasteiger partial charge on any atom is 0.460 e. The number of ether oxygens (including phenoxy) is 4. The maximum absolute atomic E-state index is 14.3. The zero-order chi connectivity index (χ0) is 32.6. The third-order valence-electron chi connectivity index (χ3n) is 5.38. The Morgan fingerprint density at radius 2 is 1.43 bits per heavy atom. The topological polar surface area (TPSA) is 94.5 Å². The van der Waals surface area contributed by atoms with Crippen LogP contribution in [0, 0.1) is 0 Å². The number of carbonyl (C=O) groups is 2. The van der Waals surface area contributed by atoms with E-state index >= 15 is 0 Å². The number of aliphatic carboxylic acids is 1. The fourth-order valence-electron chi connectivity index (χ4n) is 3.11. The van der Waals surface area contributed by atoms with Crippen molar-refractivity contribution in [2.45, 2.75) is 49.3 Å². The van der Waals surface area contributed by atoms with Gasteiger partial charge in [-0.1, -0.05) is 12.1 Å². The van der Waals surface area contributed by atoms with E-state index in [-0.39, 0.29) is 30.3 Å². The van der Waals surface area contributed by atoms with Gasteiger partial charge in [-0.15, -0.1) is 0 Å². The fraction of sp³-hybridized carbons (Fsp3) is 0.652. The van der Waals surface area contributed by atoms with Crippen molar-refractivity contribution in [2.24, 2.45) is 0 Å². The van der Waals surface area contributed by atoms with E-state index in [2.05, 4.69) is 9.47 Å². The van der Waals surface area contributed by atoms with E-state index in [1.807, 2.05) is 0 Å². The number of amides is 1. The van der Waals surface area contributed by atoms with Gasteiger partial charge < -0.3 is 24.1 Å². The monoisotopic (exact) mass is 637 g/mol. The Labute approximate surface area is 231 Å². The molecule has 0 aromatic heterocycles. The molecule has 0 bridgehead atoms. The first-order chi connectivity index (χ1) is 19.2. The van der Waals surface area contributed by atoms with Crippen molar-refractivity contribution in [3.05, 3.63) is 29.8 Å². The van der Waals surface area contributed by atoms with Crippen LogP contribution in [-0.4, -0.2) is 105 Å². The van der Waals surface area contributed by atoms with Crippen molar-refractivity contribution < 1.29 is 81.9 Å². The van der Waals surface area contributed by atoms with Crippen LogP contribution in [-0.2, 0) is 25.4 Å². The second-order valence-corrected chi connectivity index (χ2v) is 8.43. The first-order valence-electron chi connectivity index (χ1n) is 11.7. The van der Waals surface area contributed by atoms with Gasteiger partial charge in [0.05, 0.1) is 19.7 Å². The Morgan fingerprint density at radius 1 is 0.857 bits per heavy atom. The Hall–Kier alpha value is -3.09. The highest BCUT2D eigenvalue weighted by Crippen LogP contribution is 2.57. The molecule has 8 nitrogen and oxygen atoms in total. The molecule has 1 atom stereocenters. The van der Waals surface area contributed by atoms with Gasteiger partial charge in [0, 0.05) is 20.1 Å². The molecule has 19 heteroatoms. The molecule has 1 aromatic rings. The Balaban J connectivity index is 3.09. The summed E-state index contributed by atoms with van der Waals surface area (Å²) in [6.45, 7) is -4.04. The number of alkyl halides is 11. The first kappa shape index (κ1) is 36.9. The van der Waals surface area contributed by atoms with Crippen molar-refractivity contribution in [3.8, 4) is 5.75 Å². The van der Waals surface area contributed by atoms with Gasteiger partial charge in [0.15, 0.2) is 6.10 Å². The average molecular weight is 637 g/mol. The highest BCUT2D eigenvalue weighted by atomic mass is 19.4. The van der Waals surface area contributed by atoms with Crippen molar-refractivity contribution in [1.82, 2.24) is 4.90 Å². The van der Waals surface area contributed by atoms with Gasteiger partial charge in [0.25, 0.3) is 0 Å². The van der Waals surface area contributed by atoms with E-state index < -0.39 is 74.3 Å². The number of hydrogen-bond donors (Lipinski definition) is 1. The Bertz CT molecular complexity index is 1020. The minimum absolute atomic E-state index is 0.0387. The smallest absolute Gasteiger partial charge is 0.460 e. The number of nitrogens with zero attached hydrogens (tertiary/aromatic N) is 1. The van der Waals surface area contributed by atoms with E-state index in [1.54, 1.807) is 6.92 Å². The second-order valence-electron chi connectivity index (χ2n) is 8.43. The van der Waals surface area contributed by atoms with Crippen LogP contribution >= 0.6 is 0 Å².